The highest BCUT2D eigenvalue weighted by atomic mass is 16.5. The molecule has 218 valence electrons. The lowest BCUT2D eigenvalue weighted by atomic mass is 10.0. The molecule has 0 radical (unpaired) electrons. The number of carbonyl (C=O) groups excluding carboxylic acids is 1. The predicted molar refractivity (Wildman–Crippen MR) is 162 cm³/mol. The zero-order valence-electron chi connectivity index (χ0n) is 23.6. The molecule has 8 heteroatoms. The average molecular weight is 570 g/mol. The molecule has 0 atom stereocenters. The SMILES string of the molecule is CC(=O)c1ccccc1OCCCCOc1ccc(C=Cc2cccc3c2c(CC(=O)O)cn3CCCC(=O)O)cc1. The van der Waals surface area contributed by atoms with E-state index in [1.54, 1.807) is 12.1 Å². The van der Waals surface area contributed by atoms with E-state index in [-0.39, 0.29) is 18.6 Å². The first kappa shape index (κ1) is 30.1. The molecule has 0 saturated heterocycles. The number of carboxylic acids is 2. The Morgan fingerprint density at radius 3 is 2.26 bits per heavy atom. The molecule has 1 aromatic heterocycles. The number of benzene rings is 3. The minimum Gasteiger partial charge on any atom is -0.494 e. The number of aryl methyl sites for hydroxylation is 1. The molecule has 3 aromatic carbocycles. The van der Waals surface area contributed by atoms with Crippen LogP contribution in [0, 0.1) is 0 Å². The van der Waals surface area contributed by atoms with Gasteiger partial charge in [-0.1, -0.05) is 48.6 Å². The Kier molecular flexibility index (Phi) is 10.5. The number of Topliss-reactive ketones (excluding diaryl/α,β-unsaturated/α-hetero) is 1. The zero-order valence-corrected chi connectivity index (χ0v) is 23.6. The fourth-order valence-corrected chi connectivity index (χ4v) is 4.81. The molecule has 42 heavy (non-hydrogen) atoms. The first-order chi connectivity index (χ1) is 20.3. The lowest BCUT2D eigenvalue weighted by molar-refractivity contribution is -0.137. The third-order valence-electron chi connectivity index (χ3n) is 6.82. The normalized spacial score (nSPS) is 11.2. The molecule has 0 fully saturated rings. The predicted octanol–water partition coefficient (Wildman–Crippen LogP) is 6.74. The summed E-state index contributed by atoms with van der Waals surface area (Å²) in [4.78, 5) is 34.2. The number of para-hydroxylation sites is 1. The summed E-state index contributed by atoms with van der Waals surface area (Å²) in [7, 11) is 0. The second-order valence-electron chi connectivity index (χ2n) is 10.0. The van der Waals surface area contributed by atoms with Crippen molar-refractivity contribution in [1.82, 2.24) is 4.57 Å². The van der Waals surface area contributed by atoms with Crippen molar-refractivity contribution in [2.24, 2.45) is 0 Å². The number of fused-ring (bicyclic) bond motifs is 1. The van der Waals surface area contributed by atoms with Gasteiger partial charge in [-0.2, -0.15) is 0 Å². The second-order valence-corrected chi connectivity index (χ2v) is 10.0. The van der Waals surface area contributed by atoms with Gasteiger partial charge in [0.15, 0.2) is 5.78 Å². The van der Waals surface area contributed by atoms with Crippen LogP contribution in [0.5, 0.6) is 11.5 Å². The van der Waals surface area contributed by atoms with Crippen LogP contribution in [-0.2, 0) is 22.6 Å². The van der Waals surface area contributed by atoms with Crippen LogP contribution in [0.1, 0.15) is 59.7 Å². The molecule has 4 rings (SSSR count). The number of hydrogen-bond acceptors (Lipinski definition) is 5. The lowest BCUT2D eigenvalue weighted by Gasteiger charge is -2.10. The zero-order chi connectivity index (χ0) is 29.9. The van der Waals surface area contributed by atoms with Crippen LogP contribution in [0.3, 0.4) is 0 Å². The standard InChI is InChI=1S/C34H35NO7/c1-24(36)29-9-2-3-11-31(29)42-21-5-4-20-41-28-17-14-25(15-18-28)13-16-26-8-6-10-30-34(26)27(22-33(39)40)23-35(30)19-7-12-32(37)38/h2-3,6,8-11,13-18,23H,4-5,7,12,19-22H2,1H3,(H,37,38)(H,39,40). The maximum Gasteiger partial charge on any atom is 0.307 e. The van der Waals surface area contributed by atoms with Crippen LogP contribution >= 0.6 is 0 Å². The van der Waals surface area contributed by atoms with E-state index in [0.717, 1.165) is 40.6 Å². The molecule has 0 aliphatic heterocycles. The Morgan fingerprint density at radius 1 is 0.810 bits per heavy atom. The molecule has 8 nitrogen and oxygen atoms in total. The van der Waals surface area contributed by atoms with Crippen LogP contribution in [-0.4, -0.2) is 45.7 Å². The number of ketones is 1. The molecule has 0 amide bonds. The van der Waals surface area contributed by atoms with Crippen molar-refractivity contribution in [3.05, 3.63) is 95.2 Å². The van der Waals surface area contributed by atoms with E-state index in [1.165, 1.54) is 6.92 Å². The largest absolute Gasteiger partial charge is 0.494 e. The number of carbonyl (C=O) groups is 3. The minimum absolute atomic E-state index is 0.0173. The van der Waals surface area contributed by atoms with E-state index in [4.69, 9.17) is 14.6 Å². The summed E-state index contributed by atoms with van der Waals surface area (Å²) in [5.41, 5.74) is 4.04. The first-order valence-corrected chi connectivity index (χ1v) is 14.0. The van der Waals surface area contributed by atoms with Gasteiger partial charge in [-0.3, -0.25) is 14.4 Å². The van der Waals surface area contributed by atoms with Crippen molar-refractivity contribution < 1.29 is 34.1 Å². The molecule has 0 saturated carbocycles. The van der Waals surface area contributed by atoms with Crippen molar-refractivity contribution in [2.45, 2.75) is 45.6 Å². The molecule has 0 unspecified atom stereocenters. The summed E-state index contributed by atoms with van der Waals surface area (Å²) >= 11 is 0. The van der Waals surface area contributed by atoms with E-state index in [2.05, 4.69) is 0 Å². The fraction of sp³-hybridized carbons (Fsp3) is 0.265. The van der Waals surface area contributed by atoms with Crippen molar-refractivity contribution >= 4 is 40.8 Å². The number of aliphatic carboxylic acids is 2. The van der Waals surface area contributed by atoms with Gasteiger partial charge >= 0.3 is 11.9 Å². The van der Waals surface area contributed by atoms with Gasteiger partial charge in [-0.05, 0) is 73.2 Å². The summed E-state index contributed by atoms with van der Waals surface area (Å²) in [5.74, 6) is -0.414. The van der Waals surface area contributed by atoms with Crippen LogP contribution in [0.2, 0.25) is 0 Å². The number of nitrogens with zero attached hydrogens (tertiary/aromatic N) is 1. The van der Waals surface area contributed by atoms with Gasteiger partial charge in [0, 0.05) is 30.1 Å². The second kappa shape index (κ2) is 14.7. The number of rotatable bonds is 16. The van der Waals surface area contributed by atoms with Gasteiger partial charge in [0.25, 0.3) is 0 Å². The highest BCUT2D eigenvalue weighted by Crippen LogP contribution is 2.28. The highest BCUT2D eigenvalue weighted by molar-refractivity contribution is 5.97. The molecule has 0 aliphatic rings. The molecule has 4 aromatic rings. The summed E-state index contributed by atoms with van der Waals surface area (Å²) in [6, 6.07) is 20.8. The number of aromatic nitrogens is 1. The van der Waals surface area contributed by atoms with Crippen LogP contribution in [0.15, 0.2) is 72.9 Å². The van der Waals surface area contributed by atoms with Gasteiger partial charge in [-0.15, -0.1) is 0 Å². The lowest BCUT2D eigenvalue weighted by Crippen LogP contribution is -2.05. The quantitative estimate of drug-likeness (QED) is 0.0872. The highest BCUT2D eigenvalue weighted by Gasteiger charge is 2.14. The third kappa shape index (κ3) is 8.33. The van der Waals surface area contributed by atoms with Crippen molar-refractivity contribution in [2.75, 3.05) is 13.2 Å². The van der Waals surface area contributed by atoms with Gasteiger partial charge < -0.3 is 24.3 Å². The van der Waals surface area contributed by atoms with Gasteiger partial charge in [0.2, 0.25) is 0 Å². The Bertz CT molecular complexity index is 1570. The summed E-state index contributed by atoms with van der Waals surface area (Å²) in [6.45, 7) is 3.08. The Labute approximate surface area is 244 Å². The van der Waals surface area contributed by atoms with E-state index >= 15 is 0 Å². The summed E-state index contributed by atoms with van der Waals surface area (Å²) < 4.78 is 13.6. The number of ether oxygens (including phenoxy) is 2. The first-order valence-electron chi connectivity index (χ1n) is 14.0. The van der Waals surface area contributed by atoms with E-state index in [1.807, 2.05) is 77.5 Å². The molecule has 0 aliphatic carbocycles. The molecule has 0 spiro atoms. The molecular formula is C34H35NO7. The number of carboxylic acid groups (broad SMARTS) is 2. The maximum absolute atomic E-state index is 11.7. The van der Waals surface area contributed by atoms with Gasteiger partial charge in [-0.25, -0.2) is 0 Å². The molecular weight excluding hydrogens is 534 g/mol. The Balaban J connectivity index is 1.33. The number of hydrogen-bond donors (Lipinski definition) is 2. The summed E-state index contributed by atoms with van der Waals surface area (Å²) in [5, 5.41) is 19.3. The Morgan fingerprint density at radius 2 is 1.55 bits per heavy atom. The Hall–Kier alpha value is -4.85. The van der Waals surface area contributed by atoms with Crippen LogP contribution in [0.25, 0.3) is 23.1 Å². The van der Waals surface area contributed by atoms with Crippen molar-refractivity contribution in [3.63, 3.8) is 0 Å². The third-order valence-corrected chi connectivity index (χ3v) is 6.82. The minimum atomic E-state index is -0.917. The summed E-state index contributed by atoms with van der Waals surface area (Å²) in [6.07, 6.45) is 7.77. The van der Waals surface area contributed by atoms with Crippen molar-refractivity contribution in [1.29, 1.82) is 0 Å². The number of unbranched alkanes of at least 4 members (excludes halogenated alkanes) is 1. The van der Waals surface area contributed by atoms with Crippen molar-refractivity contribution in [3.8, 4) is 11.5 Å². The van der Waals surface area contributed by atoms with E-state index < -0.39 is 11.9 Å². The fourth-order valence-electron chi connectivity index (χ4n) is 4.81. The van der Waals surface area contributed by atoms with Crippen LogP contribution in [0.4, 0.5) is 0 Å². The van der Waals surface area contributed by atoms with Gasteiger partial charge in [0.1, 0.15) is 11.5 Å². The van der Waals surface area contributed by atoms with Gasteiger partial charge in [0.05, 0.1) is 25.2 Å². The molecule has 1 heterocycles. The van der Waals surface area contributed by atoms with Crippen LogP contribution < -0.4 is 9.47 Å². The monoisotopic (exact) mass is 569 g/mol. The topological polar surface area (TPSA) is 115 Å². The molecule has 0 bridgehead atoms. The van der Waals surface area contributed by atoms with E-state index in [9.17, 15) is 19.5 Å². The smallest absolute Gasteiger partial charge is 0.307 e. The average Bonchev–Trinajstić information content (AvgIpc) is 3.31. The maximum atomic E-state index is 11.7. The van der Waals surface area contributed by atoms with E-state index in [0.29, 0.717) is 43.1 Å². The molecule has 2 N–H and O–H groups in total.